The first-order valence-electron chi connectivity index (χ1n) is 3.95. The highest BCUT2D eigenvalue weighted by Crippen LogP contribution is 2.33. The zero-order valence-electron chi connectivity index (χ0n) is 7.35. The molecule has 1 aliphatic rings. The molecule has 6 heteroatoms. The Kier molecular flexibility index (Phi) is 2.20. The second-order valence-electron chi connectivity index (χ2n) is 2.78. The monoisotopic (exact) mass is 213 g/mol. The quantitative estimate of drug-likeness (QED) is 0.534. The molecule has 0 radical (unpaired) electrons. The molecule has 1 aromatic rings. The summed E-state index contributed by atoms with van der Waals surface area (Å²) in [6, 6.07) is 0. The molecule has 0 aromatic carbocycles. The van der Waals surface area contributed by atoms with Crippen LogP contribution in [0.2, 0.25) is 0 Å². The van der Waals surface area contributed by atoms with Crippen LogP contribution in [-0.4, -0.2) is 24.0 Å². The highest BCUT2D eigenvalue weighted by atomic mass is 32.1. The third-order valence-electron chi connectivity index (χ3n) is 1.89. The van der Waals surface area contributed by atoms with Crippen LogP contribution in [0.5, 0.6) is 5.19 Å². The molecule has 5 nitrogen and oxygen atoms in total. The minimum absolute atomic E-state index is 0.101. The number of thiazole rings is 1. The number of rotatable bonds is 2. The highest BCUT2D eigenvalue weighted by Gasteiger charge is 2.36. The van der Waals surface area contributed by atoms with Gasteiger partial charge in [0, 0.05) is 11.1 Å². The third-order valence-corrected chi connectivity index (χ3v) is 2.96. The molecule has 2 heterocycles. The Morgan fingerprint density at radius 3 is 2.93 bits per heavy atom. The van der Waals surface area contributed by atoms with E-state index in [1.165, 1.54) is 24.6 Å². The maximum atomic E-state index is 11.2. The van der Waals surface area contributed by atoms with Crippen molar-refractivity contribution in [2.24, 2.45) is 0 Å². The van der Waals surface area contributed by atoms with Crippen LogP contribution in [-0.2, 0) is 14.3 Å². The van der Waals surface area contributed by atoms with Crippen molar-refractivity contribution in [3.05, 3.63) is 11.1 Å². The van der Waals surface area contributed by atoms with Gasteiger partial charge in [-0.3, -0.25) is 9.59 Å². The molecule has 1 saturated heterocycles. The first-order chi connectivity index (χ1) is 6.70. The molecule has 14 heavy (non-hydrogen) atoms. The van der Waals surface area contributed by atoms with Crippen molar-refractivity contribution < 1.29 is 19.1 Å². The molecule has 0 bridgehead atoms. The molecule has 74 valence electrons. The van der Waals surface area contributed by atoms with E-state index in [4.69, 9.17) is 4.74 Å². The van der Waals surface area contributed by atoms with Gasteiger partial charge in [-0.25, -0.2) is 4.98 Å². The predicted octanol–water partition coefficient (Wildman–Crippen LogP) is 0.709. The number of carbonyl (C=O) groups excluding carboxylic acids is 2. The number of methoxy groups -OCH3 is 1. The van der Waals surface area contributed by atoms with Crippen molar-refractivity contribution >= 4 is 23.3 Å². The smallest absolute Gasteiger partial charge is 0.322 e. The SMILES string of the molecule is COc1ncc(C2CC(=O)OC2=O)s1. The number of cyclic esters (lactones) is 2. The summed E-state index contributed by atoms with van der Waals surface area (Å²) in [6.07, 6.45) is 1.64. The fourth-order valence-corrected chi connectivity index (χ4v) is 2.03. The van der Waals surface area contributed by atoms with Crippen molar-refractivity contribution in [3.63, 3.8) is 0 Å². The van der Waals surface area contributed by atoms with Crippen LogP contribution in [0.25, 0.3) is 0 Å². The van der Waals surface area contributed by atoms with E-state index in [2.05, 4.69) is 9.72 Å². The van der Waals surface area contributed by atoms with Crippen LogP contribution in [0.3, 0.4) is 0 Å². The van der Waals surface area contributed by atoms with Gasteiger partial charge in [0.1, 0.15) is 5.92 Å². The van der Waals surface area contributed by atoms with Gasteiger partial charge >= 0.3 is 11.9 Å². The van der Waals surface area contributed by atoms with Gasteiger partial charge < -0.3 is 9.47 Å². The topological polar surface area (TPSA) is 65.5 Å². The summed E-state index contributed by atoms with van der Waals surface area (Å²) in [5, 5.41) is 0.479. The molecule has 0 amide bonds. The lowest BCUT2D eigenvalue weighted by atomic mass is 10.1. The van der Waals surface area contributed by atoms with E-state index in [-0.39, 0.29) is 6.42 Å². The number of hydrogen-bond donors (Lipinski definition) is 0. The van der Waals surface area contributed by atoms with Crippen LogP contribution < -0.4 is 4.74 Å². The number of ether oxygens (including phenoxy) is 2. The van der Waals surface area contributed by atoms with Gasteiger partial charge in [-0.05, 0) is 0 Å². The number of hydrogen-bond acceptors (Lipinski definition) is 6. The Hall–Kier alpha value is -1.43. The highest BCUT2D eigenvalue weighted by molar-refractivity contribution is 7.13. The molecule has 0 N–H and O–H groups in total. The fraction of sp³-hybridized carbons (Fsp3) is 0.375. The molecule has 1 unspecified atom stereocenters. The van der Waals surface area contributed by atoms with Crippen LogP contribution in [0.15, 0.2) is 6.20 Å². The summed E-state index contributed by atoms with van der Waals surface area (Å²) in [7, 11) is 1.50. The molecular formula is C8H7NO4S. The van der Waals surface area contributed by atoms with Crippen molar-refractivity contribution in [2.75, 3.05) is 7.11 Å². The molecule has 0 saturated carbocycles. The standard InChI is InChI=1S/C8H7NO4S/c1-12-8-9-3-5(14-8)4-2-6(10)13-7(4)11/h3-4H,2H2,1H3. The van der Waals surface area contributed by atoms with E-state index >= 15 is 0 Å². The van der Waals surface area contributed by atoms with Gasteiger partial charge in [0.15, 0.2) is 0 Å². The average Bonchev–Trinajstić information content (AvgIpc) is 2.71. The minimum Gasteiger partial charge on any atom is -0.473 e. The number of aromatic nitrogens is 1. The van der Waals surface area contributed by atoms with Crippen LogP contribution in [0, 0.1) is 0 Å². The van der Waals surface area contributed by atoms with E-state index < -0.39 is 17.9 Å². The van der Waals surface area contributed by atoms with Crippen LogP contribution in [0.1, 0.15) is 17.2 Å². The molecule has 1 fully saturated rings. The van der Waals surface area contributed by atoms with Gasteiger partial charge in [-0.15, -0.1) is 0 Å². The van der Waals surface area contributed by atoms with Crippen molar-refractivity contribution in [1.29, 1.82) is 0 Å². The van der Waals surface area contributed by atoms with Gasteiger partial charge in [-0.2, -0.15) is 0 Å². The van der Waals surface area contributed by atoms with E-state index in [1.54, 1.807) is 0 Å². The lowest BCUT2D eigenvalue weighted by Crippen LogP contribution is -2.03. The number of nitrogens with zero attached hydrogens (tertiary/aromatic N) is 1. The first kappa shape index (κ1) is 9.14. The Morgan fingerprint density at radius 1 is 1.64 bits per heavy atom. The van der Waals surface area contributed by atoms with Crippen LogP contribution in [0.4, 0.5) is 0 Å². The molecule has 2 rings (SSSR count). The zero-order valence-corrected chi connectivity index (χ0v) is 8.17. The molecular weight excluding hydrogens is 206 g/mol. The van der Waals surface area contributed by atoms with Gasteiger partial charge in [-0.1, -0.05) is 11.3 Å². The maximum absolute atomic E-state index is 11.2. The largest absolute Gasteiger partial charge is 0.473 e. The minimum atomic E-state index is -0.499. The lowest BCUT2D eigenvalue weighted by molar-refractivity contribution is -0.152. The zero-order chi connectivity index (χ0) is 10.1. The van der Waals surface area contributed by atoms with Gasteiger partial charge in [0.2, 0.25) is 0 Å². The predicted molar refractivity (Wildman–Crippen MR) is 47.1 cm³/mol. The summed E-state index contributed by atoms with van der Waals surface area (Å²) in [6.45, 7) is 0. The summed E-state index contributed by atoms with van der Waals surface area (Å²) in [5.41, 5.74) is 0. The Labute approximate surface area is 83.7 Å². The van der Waals surface area contributed by atoms with Gasteiger partial charge in [0.05, 0.1) is 13.5 Å². The Balaban J connectivity index is 2.22. The maximum Gasteiger partial charge on any atom is 0.322 e. The summed E-state index contributed by atoms with van der Waals surface area (Å²) >= 11 is 1.25. The van der Waals surface area contributed by atoms with Crippen molar-refractivity contribution in [3.8, 4) is 5.19 Å². The Bertz CT molecular complexity index is 386. The molecule has 1 aliphatic heterocycles. The summed E-state index contributed by atoms with van der Waals surface area (Å²) < 4.78 is 9.32. The molecule has 0 aliphatic carbocycles. The average molecular weight is 213 g/mol. The molecule has 1 aromatic heterocycles. The van der Waals surface area contributed by atoms with E-state index in [0.717, 1.165) is 0 Å². The lowest BCUT2D eigenvalue weighted by Gasteiger charge is -1.97. The van der Waals surface area contributed by atoms with E-state index in [0.29, 0.717) is 10.1 Å². The molecule has 0 spiro atoms. The summed E-state index contributed by atoms with van der Waals surface area (Å²) in [5.74, 6) is -1.47. The Morgan fingerprint density at radius 2 is 2.43 bits per heavy atom. The van der Waals surface area contributed by atoms with E-state index in [1.807, 2.05) is 0 Å². The van der Waals surface area contributed by atoms with E-state index in [9.17, 15) is 9.59 Å². The van der Waals surface area contributed by atoms with Crippen LogP contribution >= 0.6 is 11.3 Å². The molecule has 1 atom stereocenters. The number of carbonyl (C=O) groups is 2. The van der Waals surface area contributed by atoms with Gasteiger partial charge in [0.25, 0.3) is 5.19 Å². The second-order valence-corrected chi connectivity index (χ2v) is 3.81. The normalized spacial score (nSPS) is 21.1. The third kappa shape index (κ3) is 1.48. The van der Waals surface area contributed by atoms with Crippen molar-refractivity contribution in [1.82, 2.24) is 4.98 Å². The first-order valence-corrected chi connectivity index (χ1v) is 4.76. The second kappa shape index (κ2) is 3.38. The number of esters is 2. The summed E-state index contributed by atoms with van der Waals surface area (Å²) in [4.78, 5) is 26.6. The fourth-order valence-electron chi connectivity index (χ4n) is 1.22. The van der Waals surface area contributed by atoms with Crippen molar-refractivity contribution in [2.45, 2.75) is 12.3 Å².